The molecular formula is C13H18N2O5. The van der Waals surface area contributed by atoms with E-state index in [1.807, 2.05) is 0 Å². The molecule has 0 atom stereocenters. The quantitative estimate of drug-likeness (QED) is 0.467. The van der Waals surface area contributed by atoms with Crippen molar-refractivity contribution in [2.75, 3.05) is 26.1 Å². The number of hydrogen-bond donors (Lipinski definition) is 2. The Morgan fingerprint density at radius 2 is 1.95 bits per heavy atom. The van der Waals surface area contributed by atoms with E-state index in [4.69, 9.17) is 14.2 Å². The molecule has 2 N–H and O–H groups in total. The zero-order valence-corrected chi connectivity index (χ0v) is 11.6. The highest BCUT2D eigenvalue weighted by molar-refractivity contribution is 5.89. The van der Waals surface area contributed by atoms with Gasteiger partial charge in [-0.3, -0.25) is 4.79 Å². The summed E-state index contributed by atoms with van der Waals surface area (Å²) in [5, 5.41) is 5.19. The van der Waals surface area contributed by atoms with Gasteiger partial charge in [-0.2, -0.15) is 0 Å². The van der Waals surface area contributed by atoms with Gasteiger partial charge in [0.15, 0.2) is 6.29 Å². The molecule has 0 aliphatic heterocycles. The second-order valence-corrected chi connectivity index (χ2v) is 3.86. The van der Waals surface area contributed by atoms with Crippen LogP contribution in [-0.4, -0.2) is 39.1 Å². The Morgan fingerprint density at radius 1 is 1.25 bits per heavy atom. The third-order valence-electron chi connectivity index (χ3n) is 2.31. The van der Waals surface area contributed by atoms with Gasteiger partial charge in [-0.15, -0.1) is 0 Å². The lowest BCUT2D eigenvalue weighted by molar-refractivity contribution is -0.131. The summed E-state index contributed by atoms with van der Waals surface area (Å²) < 4.78 is 14.8. The van der Waals surface area contributed by atoms with E-state index in [0.29, 0.717) is 11.4 Å². The van der Waals surface area contributed by atoms with E-state index in [0.717, 1.165) is 0 Å². The molecule has 0 unspecified atom stereocenters. The highest BCUT2D eigenvalue weighted by Gasteiger charge is 2.08. The van der Waals surface area contributed by atoms with Crippen molar-refractivity contribution in [3.05, 3.63) is 24.3 Å². The molecular weight excluding hydrogens is 264 g/mol. The fourth-order valence-corrected chi connectivity index (χ4v) is 1.42. The number of carbonyl (C=O) groups excluding carboxylic acids is 2. The van der Waals surface area contributed by atoms with Crippen LogP contribution < -0.4 is 15.4 Å². The molecule has 1 aromatic carbocycles. The van der Waals surface area contributed by atoms with Gasteiger partial charge in [0.25, 0.3) is 0 Å². The molecule has 7 heteroatoms. The second kappa shape index (κ2) is 8.13. The van der Waals surface area contributed by atoms with Crippen molar-refractivity contribution in [2.45, 2.75) is 13.2 Å². The summed E-state index contributed by atoms with van der Waals surface area (Å²) in [6.07, 6.45) is -0.506. The molecule has 0 fully saturated rings. The maximum atomic E-state index is 11.6. The molecule has 0 aromatic heterocycles. The monoisotopic (exact) mass is 282 g/mol. The van der Waals surface area contributed by atoms with Crippen molar-refractivity contribution in [1.29, 1.82) is 0 Å². The second-order valence-electron chi connectivity index (χ2n) is 3.86. The van der Waals surface area contributed by atoms with Crippen molar-refractivity contribution in [2.24, 2.45) is 0 Å². The lowest BCUT2D eigenvalue weighted by atomic mass is 10.3. The number of urea groups is 1. The van der Waals surface area contributed by atoms with Crippen molar-refractivity contribution >= 4 is 17.7 Å². The van der Waals surface area contributed by atoms with E-state index in [1.54, 1.807) is 24.3 Å². The van der Waals surface area contributed by atoms with Crippen LogP contribution in [0.4, 0.5) is 10.5 Å². The molecule has 7 nitrogen and oxygen atoms in total. The van der Waals surface area contributed by atoms with Crippen LogP contribution in [0.1, 0.15) is 6.92 Å². The first-order valence-electron chi connectivity index (χ1n) is 5.94. The fraction of sp³-hybridized carbons (Fsp3) is 0.385. The molecule has 0 saturated carbocycles. The number of carbonyl (C=O) groups is 2. The van der Waals surface area contributed by atoms with E-state index in [-0.39, 0.29) is 6.54 Å². The number of ether oxygens (including phenoxy) is 3. The van der Waals surface area contributed by atoms with E-state index < -0.39 is 18.3 Å². The average molecular weight is 282 g/mol. The molecule has 0 aliphatic carbocycles. The number of hydrogen-bond acceptors (Lipinski definition) is 5. The highest BCUT2D eigenvalue weighted by Crippen LogP contribution is 2.17. The summed E-state index contributed by atoms with van der Waals surface area (Å²) in [6.45, 7) is 1.52. The van der Waals surface area contributed by atoms with E-state index in [2.05, 4.69) is 10.6 Å². The fourth-order valence-electron chi connectivity index (χ4n) is 1.42. The predicted octanol–water partition coefficient (Wildman–Crippen LogP) is 1.35. The zero-order valence-electron chi connectivity index (χ0n) is 11.6. The van der Waals surface area contributed by atoms with Crippen LogP contribution in [-0.2, 0) is 14.3 Å². The molecule has 1 aromatic rings. The summed E-state index contributed by atoms with van der Waals surface area (Å²) in [4.78, 5) is 22.5. The maximum absolute atomic E-state index is 11.6. The first kappa shape index (κ1) is 15.9. The first-order valence-corrected chi connectivity index (χ1v) is 5.94. The first-order chi connectivity index (χ1) is 9.55. The standard InChI is InChI=1S/C13H18N2O5/c1-9(16)20-11-6-4-5-10(7-11)15-13(17)14-8-12(18-2)19-3/h4-7,12H,8H2,1-3H3,(H2,14,15,17). The van der Waals surface area contributed by atoms with E-state index in [1.165, 1.54) is 21.1 Å². The molecule has 0 saturated heterocycles. The summed E-state index contributed by atoms with van der Waals surface area (Å²) in [7, 11) is 2.96. The minimum absolute atomic E-state index is 0.211. The van der Waals surface area contributed by atoms with Gasteiger partial charge in [0, 0.05) is 32.9 Å². The van der Waals surface area contributed by atoms with Gasteiger partial charge in [0.05, 0.1) is 6.54 Å². The number of rotatable bonds is 6. The van der Waals surface area contributed by atoms with Crippen LogP contribution >= 0.6 is 0 Å². The smallest absolute Gasteiger partial charge is 0.319 e. The van der Waals surface area contributed by atoms with Gasteiger partial charge < -0.3 is 24.8 Å². The minimum Gasteiger partial charge on any atom is -0.427 e. The Bertz CT molecular complexity index is 460. The van der Waals surface area contributed by atoms with Crippen molar-refractivity contribution in [3.63, 3.8) is 0 Å². The van der Waals surface area contributed by atoms with Gasteiger partial charge in [0.2, 0.25) is 0 Å². The Labute approximate surface area is 117 Å². The number of esters is 1. The Hall–Kier alpha value is -2.12. The third kappa shape index (κ3) is 5.68. The van der Waals surface area contributed by atoms with Crippen molar-refractivity contribution < 1.29 is 23.8 Å². The average Bonchev–Trinajstić information content (AvgIpc) is 2.39. The number of methoxy groups -OCH3 is 2. The van der Waals surface area contributed by atoms with E-state index >= 15 is 0 Å². The van der Waals surface area contributed by atoms with Gasteiger partial charge in [0.1, 0.15) is 5.75 Å². The number of nitrogens with one attached hydrogen (secondary N) is 2. The zero-order chi connectivity index (χ0) is 15.0. The van der Waals surface area contributed by atoms with Gasteiger partial charge in [-0.25, -0.2) is 4.79 Å². The Morgan fingerprint density at radius 3 is 2.55 bits per heavy atom. The van der Waals surface area contributed by atoms with Gasteiger partial charge in [-0.1, -0.05) is 6.07 Å². The summed E-state index contributed by atoms with van der Waals surface area (Å²) >= 11 is 0. The SMILES string of the molecule is COC(CNC(=O)Nc1cccc(OC(C)=O)c1)OC. The lowest BCUT2D eigenvalue weighted by Gasteiger charge is -2.14. The molecule has 20 heavy (non-hydrogen) atoms. The molecule has 2 amide bonds. The maximum Gasteiger partial charge on any atom is 0.319 e. The van der Waals surface area contributed by atoms with Gasteiger partial charge >= 0.3 is 12.0 Å². The normalized spacial score (nSPS) is 10.2. The highest BCUT2D eigenvalue weighted by atomic mass is 16.7. The number of amides is 2. The molecule has 0 aliphatic rings. The summed E-state index contributed by atoms with van der Waals surface area (Å²) in [5.41, 5.74) is 0.507. The molecule has 0 spiro atoms. The molecule has 0 bridgehead atoms. The van der Waals surface area contributed by atoms with E-state index in [9.17, 15) is 9.59 Å². The van der Waals surface area contributed by atoms with Crippen LogP contribution in [0.25, 0.3) is 0 Å². The Balaban J connectivity index is 2.51. The Kier molecular flexibility index (Phi) is 6.48. The number of anilines is 1. The molecule has 0 heterocycles. The summed E-state index contributed by atoms with van der Waals surface area (Å²) in [6, 6.07) is 6.10. The van der Waals surface area contributed by atoms with Gasteiger partial charge in [-0.05, 0) is 12.1 Å². The topological polar surface area (TPSA) is 85.9 Å². The van der Waals surface area contributed by atoms with Crippen LogP contribution in [0, 0.1) is 0 Å². The summed E-state index contributed by atoms with van der Waals surface area (Å²) in [5.74, 6) is -0.0587. The third-order valence-corrected chi connectivity index (χ3v) is 2.31. The van der Waals surface area contributed by atoms with Crippen LogP contribution in [0.2, 0.25) is 0 Å². The largest absolute Gasteiger partial charge is 0.427 e. The minimum atomic E-state index is -0.506. The van der Waals surface area contributed by atoms with Crippen LogP contribution in [0.15, 0.2) is 24.3 Å². The predicted molar refractivity (Wildman–Crippen MR) is 72.6 cm³/mol. The van der Waals surface area contributed by atoms with Crippen molar-refractivity contribution in [3.8, 4) is 5.75 Å². The van der Waals surface area contributed by atoms with Crippen LogP contribution in [0.3, 0.4) is 0 Å². The van der Waals surface area contributed by atoms with Crippen LogP contribution in [0.5, 0.6) is 5.75 Å². The van der Waals surface area contributed by atoms with Crippen molar-refractivity contribution in [1.82, 2.24) is 5.32 Å². The molecule has 110 valence electrons. The lowest BCUT2D eigenvalue weighted by Crippen LogP contribution is -2.36. The number of benzene rings is 1. The molecule has 1 rings (SSSR count). The molecule has 0 radical (unpaired) electrons.